The van der Waals surface area contributed by atoms with E-state index in [0.717, 1.165) is 0 Å². The van der Waals surface area contributed by atoms with Crippen molar-refractivity contribution in [3.8, 4) is 0 Å². The SMILES string of the molecule is COC(=O)CC(=O)c1c(Cl)cccc1Cl. The Hall–Kier alpha value is -1.06. The minimum Gasteiger partial charge on any atom is -0.469 e. The Kier molecular flexibility index (Phi) is 4.12. The minimum atomic E-state index is -0.615. The first kappa shape index (κ1) is 12.0. The second kappa shape index (κ2) is 5.14. The number of carbonyl (C=O) groups is 2. The van der Waals surface area contributed by atoms with E-state index in [4.69, 9.17) is 23.2 Å². The van der Waals surface area contributed by atoms with Crippen molar-refractivity contribution in [3.63, 3.8) is 0 Å². The second-order valence-corrected chi connectivity index (χ2v) is 3.59. The first-order valence-electron chi connectivity index (χ1n) is 4.10. The van der Waals surface area contributed by atoms with Crippen LogP contribution in [0.15, 0.2) is 18.2 Å². The Morgan fingerprint density at radius 2 is 1.80 bits per heavy atom. The second-order valence-electron chi connectivity index (χ2n) is 2.77. The lowest BCUT2D eigenvalue weighted by Crippen LogP contribution is -2.10. The van der Waals surface area contributed by atoms with E-state index in [1.165, 1.54) is 19.2 Å². The molecule has 5 heteroatoms. The van der Waals surface area contributed by atoms with Gasteiger partial charge in [0.25, 0.3) is 0 Å². The molecule has 0 aliphatic carbocycles. The summed E-state index contributed by atoms with van der Waals surface area (Å²) in [5.74, 6) is -1.06. The summed E-state index contributed by atoms with van der Waals surface area (Å²) >= 11 is 11.6. The molecular formula is C10H8Cl2O3. The van der Waals surface area contributed by atoms with Crippen molar-refractivity contribution in [2.24, 2.45) is 0 Å². The van der Waals surface area contributed by atoms with Crippen LogP contribution < -0.4 is 0 Å². The zero-order chi connectivity index (χ0) is 11.4. The van der Waals surface area contributed by atoms with Crippen molar-refractivity contribution in [3.05, 3.63) is 33.8 Å². The van der Waals surface area contributed by atoms with E-state index < -0.39 is 11.8 Å². The molecule has 0 heterocycles. The predicted octanol–water partition coefficient (Wildman–Crippen LogP) is 2.74. The van der Waals surface area contributed by atoms with Crippen molar-refractivity contribution in [1.29, 1.82) is 0 Å². The van der Waals surface area contributed by atoms with Crippen LogP contribution in [0.25, 0.3) is 0 Å². The van der Waals surface area contributed by atoms with Gasteiger partial charge in [-0.2, -0.15) is 0 Å². The maximum absolute atomic E-state index is 11.6. The number of rotatable bonds is 3. The third-order valence-corrected chi connectivity index (χ3v) is 2.40. The van der Waals surface area contributed by atoms with Crippen molar-refractivity contribution in [1.82, 2.24) is 0 Å². The Morgan fingerprint density at radius 1 is 1.27 bits per heavy atom. The summed E-state index contributed by atoms with van der Waals surface area (Å²) in [6, 6.07) is 4.70. The highest BCUT2D eigenvalue weighted by Gasteiger charge is 2.17. The normalized spacial score (nSPS) is 9.80. The topological polar surface area (TPSA) is 43.4 Å². The van der Waals surface area contributed by atoms with E-state index in [0.29, 0.717) is 0 Å². The number of ether oxygens (including phenoxy) is 1. The molecule has 0 unspecified atom stereocenters. The maximum Gasteiger partial charge on any atom is 0.313 e. The van der Waals surface area contributed by atoms with E-state index in [9.17, 15) is 9.59 Å². The molecule has 1 rings (SSSR count). The number of ketones is 1. The summed E-state index contributed by atoms with van der Waals surface area (Å²) in [5.41, 5.74) is 0.159. The molecule has 0 atom stereocenters. The molecule has 0 spiro atoms. The molecule has 15 heavy (non-hydrogen) atoms. The summed E-state index contributed by atoms with van der Waals surface area (Å²) in [7, 11) is 1.21. The van der Waals surface area contributed by atoms with Gasteiger partial charge in [0.15, 0.2) is 5.78 Å². The van der Waals surface area contributed by atoms with E-state index in [1.54, 1.807) is 6.07 Å². The molecule has 0 fully saturated rings. The summed E-state index contributed by atoms with van der Waals surface area (Å²) < 4.78 is 4.38. The molecule has 0 amide bonds. The molecule has 0 radical (unpaired) electrons. The average Bonchev–Trinajstić information content (AvgIpc) is 2.17. The number of esters is 1. The fourth-order valence-corrected chi connectivity index (χ4v) is 1.66. The van der Waals surface area contributed by atoms with Crippen LogP contribution >= 0.6 is 23.2 Å². The molecule has 1 aromatic carbocycles. The van der Waals surface area contributed by atoms with Gasteiger partial charge in [-0.3, -0.25) is 9.59 Å². The van der Waals surface area contributed by atoms with Crippen molar-refractivity contribution in [2.75, 3.05) is 7.11 Å². The van der Waals surface area contributed by atoms with Crippen LogP contribution in [-0.2, 0) is 9.53 Å². The van der Waals surface area contributed by atoms with Crippen molar-refractivity contribution < 1.29 is 14.3 Å². The fourth-order valence-electron chi connectivity index (χ4n) is 1.06. The molecule has 1 aromatic rings. The molecule has 0 bridgehead atoms. The van der Waals surface area contributed by atoms with Gasteiger partial charge in [0.1, 0.15) is 6.42 Å². The lowest BCUT2D eigenvalue weighted by atomic mass is 10.1. The number of methoxy groups -OCH3 is 1. The van der Waals surface area contributed by atoms with Crippen LogP contribution in [0.1, 0.15) is 16.8 Å². The summed E-state index contributed by atoms with van der Waals surface area (Å²) in [6.07, 6.45) is -0.361. The Labute approximate surface area is 96.9 Å². The van der Waals surface area contributed by atoms with E-state index in [-0.39, 0.29) is 22.0 Å². The average molecular weight is 247 g/mol. The number of halogens is 2. The minimum absolute atomic E-state index is 0.159. The van der Waals surface area contributed by atoms with Gasteiger partial charge in [-0.25, -0.2) is 0 Å². The zero-order valence-corrected chi connectivity index (χ0v) is 9.43. The summed E-state index contributed by atoms with van der Waals surface area (Å²) in [6.45, 7) is 0. The molecule has 0 aromatic heterocycles. The lowest BCUT2D eigenvalue weighted by molar-refractivity contribution is -0.139. The smallest absolute Gasteiger partial charge is 0.313 e. The van der Waals surface area contributed by atoms with Gasteiger partial charge in [-0.05, 0) is 12.1 Å². The standard InChI is InChI=1S/C10H8Cl2O3/c1-15-9(14)5-8(13)10-6(11)3-2-4-7(10)12/h2-4H,5H2,1H3. The zero-order valence-electron chi connectivity index (χ0n) is 7.92. The lowest BCUT2D eigenvalue weighted by Gasteiger charge is -2.04. The largest absolute Gasteiger partial charge is 0.469 e. The molecule has 0 aliphatic rings. The molecule has 3 nitrogen and oxygen atoms in total. The molecule has 0 saturated carbocycles. The van der Waals surface area contributed by atoms with Gasteiger partial charge in [0.2, 0.25) is 0 Å². The van der Waals surface area contributed by atoms with Crippen LogP contribution in [-0.4, -0.2) is 18.9 Å². The van der Waals surface area contributed by atoms with E-state index in [2.05, 4.69) is 4.74 Å². The van der Waals surface area contributed by atoms with Crippen molar-refractivity contribution in [2.45, 2.75) is 6.42 Å². The maximum atomic E-state index is 11.6. The highest BCUT2D eigenvalue weighted by Crippen LogP contribution is 2.25. The highest BCUT2D eigenvalue weighted by atomic mass is 35.5. The summed E-state index contributed by atoms with van der Waals surface area (Å²) in [4.78, 5) is 22.5. The first-order chi connectivity index (χ1) is 7.06. The number of hydrogen-bond acceptors (Lipinski definition) is 3. The molecule has 0 aliphatic heterocycles. The summed E-state index contributed by atoms with van der Waals surface area (Å²) in [5, 5.41) is 0.466. The highest BCUT2D eigenvalue weighted by molar-refractivity contribution is 6.40. The Balaban J connectivity index is 2.96. The molecule has 0 N–H and O–H groups in total. The van der Waals surface area contributed by atoms with Crippen LogP contribution in [0.4, 0.5) is 0 Å². The first-order valence-corrected chi connectivity index (χ1v) is 4.86. The number of Topliss-reactive ketones (excluding diaryl/α,β-unsaturated/α-hetero) is 1. The molecular weight excluding hydrogens is 239 g/mol. The van der Waals surface area contributed by atoms with E-state index in [1.807, 2.05) is 0 Å². The van der Waals surface area contributed by atoms with Crippen LogP contribution in [0.3, 0.4) is 0 Å². The predicted molar refractivity (Wildman–Crippen MR) is 57.4 cm³/mol. The number of carbonyl (C=O) groups excluding carboxylic acids is 2. The van der Waals surface area contributed by atoms with Gasteiger partial charge in [0.05, 0.1) is 22.7 Å². The van der Waals surface area contributed by atoms with Gasteiger partial charge < -0.3 is 4.74 Å². The van der Waals surface area contributed by atoms with Gasteiger partial charge in [0, 0.05) is 0 Å². The van der Waals surface area contributed by atoms with Gasteiger partial charge >= 0.3 is 5.97 Å². The number of benzene rings is 1. The van der Waals surface area contributed by atoms with Crippen LogP contribution in [0, 0.1) is 0 Å². The van der Waals surface area contributed by atoms with Gasteiger partial charge in [-0.1, -0.05) is 29.3 Å². The third-order valence-electron chi connectivity index (χ3n) is 1.77. The molecule has 80 valence electrons. The Morgan fingerprint density at radius 3 is 2.27 bits per heavy atom. The van der Waals surface area contributed by atoms with Crippen LogP contribution in [0.5, 0.6) is 0 Å². The van der Waals surface area contributed by atoms with Gasteiger partial charge in [-0.15, -0.1) is 0 Å². The van der Waals surface area contributed by atoms with E-state index >= 15 is 0 Å². The third kappa shape index (κ3) is 2.94. The monoisotopic (exact) mass is 246 g/mol. The fraction of sp³-hybridized carbons (Fsp3) is 0.200. The quantitative estimate of drug-likeness (QED) is 0.468. The Bertz CT molecular complexity index is 381. The number of hydrogen-bond donors (Lipinski definition) is 0. The van der Waals surface area contributed by atoms with Crippen molar-refractivity contribution >= 4 is 35.0 Å². The van der Waals surface area contributed by atoms with Crippen LogP contribution in [0.2, 0.25) is 10.0 Å². The molecule has 0 saturated heterocycles.